The van der Waals surface area contributed by atoms with Crippen molar-refractivity contribution in [2.45, 2.75) is 37.0 Å². The van der Waals surface area contributed by atoms with Crippen molar-refractivity contribution in [3.63, 3.8) is 0 Å². The Labute approximate surface area is 138 Å². The van der Waals surface area contributed by atoms with Crippen LogP contribution in [0.3, 0.4) is 0 Å². The van der Waals surface area contributed by atoms with Gasteiger partial charge in [-0.2, -0.15) is 0 Å². The first kappa shape index (κ1) is 15.4. The number of amides is 1. The summed E-state index contributed by atoms with van der Waals surface area (Å²) in [6.45, 7) is 1.96. The number of benzene rings is 1. The highest BCUT2D eigenvalue weighted by molar-refractivity contribution is 7.99. The van der Waals surface area contributed by atoms with E-state index >= 15 is 0 Å². The van der Waals surface area contributed by atoms with Gasteiger partial charge in [-0.05, 0) is 37.5 Å². The molecule has 0 saturated heterocycles. The molecule has 0 spiro atoms. The normalized spacial score (nSPS) is 15.5. The Kier molecular flexibility index (Phi) is 4.69. The van der Waals surface area contributed by atoms with E-state index in [2.05, 4.69) is 20.1 Å². The highest BCUT2D eigenvalue weighted by Crippen LogP contribution is 2.37. The molecule has 1 atom stereocenters. The molecule has 2 aromatic rings. The van der Waals surface area contributed by atoms with Gasteiger partial charge in [-0.15, -0.1) is 10.2 Å². The van der Waals surface area contributed by atoms with Gasteiger partial charge in [0.1, 0.15) is 6.33 Å². The third-order valence-electron chi connectivity index (χ3n) is 3.56. The zero-order valence-electron chi connectivity index (χ0n) is 12.2. The Bertz CT molecular complexity index is 654. The summed E-state index contributed by atoms with van der Waals surface area (Å²) in [4.78, 5) is 12.1. The van der Waals surface area contributed by atoms with E-state index in [1.807, 2.05) is 31.2 Å². The van der Waals surface area contributed by atoms with Gasteiger partial charge in [-0.3, -0.25) is 4.79 Å². The van der Waals surface area contributed by atoms with Crippen LogP contribution in [0.25, 0.3) is 0 Å². The summed E-state index contributed by atoms with van der Waals surface area (Å²) in [6.07, 6.45) is 4.09. The van der Waals surface area contributed by atoms with Crippen molar-refractivity contribution in [1.82, 2.24) is 20.1 Å². The first-order valence-electron chi connectivity index (χ1n) is 7.20. The molecule has 0 aliphatic heterocycles. The van der Waals surface area contributed by atoms with E-state index in [1.165, 1.54) is 24.6 Å². The lowest BCUT2D eigenvalue weighted by atomic mass is 10.1. The summed E-state index contributed by atoms with van der Waals surface area (Å²) in [7, 11) is 0. The average molecular weight is 337 g/mol. The fourth-order valence-corrected chi connectivity index (χ4v) is 3.11. The molecule has 1 fully saturated rings. The first-order valence-corrected chi connectivity index (χ1v) is 8.57. The van der Waals surface area contributed by atoms with E-state index < -0.39 is 0 Å². The van der Waals surface area contributed by atoms with Crippen LogP contribution in [-0.2, 0) is 4.79 Å². The molecule has 7 heteroatoms. The molecule has 1 aliphatic rings. The summed E-state index contributed by atoms with van der Waals surface area (Å²) in [6, 6.07) is 7.97. The van der Waals surface area contributed by atoms with Gasteiger partial charge in [0.25, 0.3) is 0 Å². The zero-order valence-corrected chi connectivity index (χ0v) is 13.8. The monoisotopic (exact) mass is 336 g/mol. The second-order valence-electron chi connectivity index (χ2n) is 5.38. The Morgan fingerprint density at radius 2 is 2.18 bits per heavy atom. The van der Waals surface area contributed by atoms with Gasteiger partial charge in [0.2, 0.25) is 5.91 Å². The van der Waals surface area contributed by atoms with Crippen LogP contribution in [0.2, 0.25) is 5.02 Å². The summed E-state index contributed by atoms with van der Waals surface area (Å²) in [5.74, 6) is 0.321. The van der Waals surface area contributed by atoms with E-state index in [0.29, 0.717) is 16.8 Å². The van der Waals surface area contributed by atoms with E-state index in [1.54, 1.807) is 6.33 Å². The van der Waals surface area contributed by atoms with Gasteiger partial charge in [-0.25, -0.2) is 0 Å². The third kappa shape index (κ3) is 3.81. The van der Waals surface area contributed by atoms with E-state index in [9.17, 15) is 4.79 Å². The number of halogens is 1. The molecule has 1 aliphatic carbocycles. The van der Waals surface area contributed by atoms with Crippen LogP contribution >= 0.6 is 23.4 Å². The van der Waals surface area contributed by atoms with Crippen LogP contribution in [0.5, 0.6) is 0 Å². The molecule has 5 nitrogen and oxygen atoms in total. The van der Waals surface area contributed by atoms with Gasteiger partial charge in [-0.1, -0.05) is 35.5 Å². The van der Waals surface area contributed by atoms with E-state index in [0.717, 1.165) is 10.7 Å². The van der Waals surface area contributed by atoms with E-state index in [4.69, 9.17) is 11.6 Å². The molecule has 0 radical (unpaired) electrons. The lowest BCUT2D eigenvalue weighted by molar-refractivity contribution is -0.119. The van der Waals surface area contributed by atoms with Crippen LogP contribution in [0.15, 0.2) is 35.7 Å². The fraction of sp³-hybridized carbons (Fsp3) is 0.400. The van der Waals surface area contributed by atoms with Gasteiger partial charge in [0.05, 0.1) is 11.8 Å². The summed E-state index contributed by atoms with van der Waals surface area (Å²) >= 11 is 7.29. The molecule has 22 heavy (non-hydrogen) atoms. The highest BCUT2D eigenvalue weighted by Gasteiger charge is 2.26. The minimum absolute atomic E-state index is 0.0159. The smallest absolute Gasteiger partial charge is 0.230 e. The molecule has 1 aromatic heterocycles. The Morgan fingerprint density at radius 1 is 1.45 bits per heavy atom. The summed E-state index contributed by atoms with van der Waals surface area (Å²) < 4.78 is 2.06. The molecule has 1 amide bonds. The van der Waals surface area contributed by atoms with E-state index in [-0.39, 0.29) is 11.9 Å². The van der Waals surface area contributed by atoms with Crippen LogP contribution in [0.4, 0.5) is 0 Å². The standard InChI is InChI=1S/C15H17ClN4OS/c1-10(11-2-4-12(16)5-3-11)18-14(21)8-22-15-19-17-9-20(15)13-6-7-13/h2-5,9-10,13H,6-8H2,1H3,(H,18,21). The quantitative estimate of drug-likeness (QED) is 0.823. The SMILES string of the molecule is CC(NC(=O)CSc1nncn1C1CC1)c1ccc(Cl)cc1. The fourth-order valence-electron chi connectivity index (χ4n) is 2.19. The number of carbonyl (C=O) groups is 1. The predicted octanol–water partition coefficient (Wildman–Crippen LogP) is 3.24. The summed E-state index contributed by atoms with van der Waals surface area (Å²) in [5.41, 5.74) is 1.03. The molecule has 116 valence electrons. The molecule has 1 heterocycles. The molecular formula is C15H17ClN4OS. The zero-order chi connectivity index (χ0) is 15.5. The predicted molar refractivity (Wildman–Crippen MR) is 87.0 cm³/mol. The maximum Gasteiger partial charge on any atom is 0.230 e. The van der Waals surface area contributed by atoms with Crippen molar-refractivity contribution >= 4 is 29.3 Å². The van der Waals surface area contributed by atoms with Crippen molar-refractivity contribution < 1.29 is 4.79 Å². The van der Waals surface area contributed by atoms with Gasteiger partial charge in [0, 0.05) is 11.1 Å². The first-order chi connectivity index (χ1) is 10.6. The molecular weight excluding hydrogens is 320 g/mol. The van der Waals surface area contributed by atoms with Gasteiger partial charge < -0.3 is 9.88 Å². The second-order valence-corrected chi connectivity index (χ2v) is 6.76. The van der Waals surface area contributed by atoms with Crippen LogP contribution in [-0.4, -0.2) is 26.4 Å². The Hall–Kier alpha value is -1.53. The number of hydrogen-bond donors (Lipinski definition) is 1. The maximum atomic E-state index is 12.1. The van der Waals surface area contributed by atoms with Crippen LogP contribution in [0.1, 0.15) is 37.4 Å². The van der Waals surface area contributed by atoms with Crippen molar-refractivity contribution in [2.24, 2.45) is 0 Å². The Balaban J connectivity index is 1.51. The van der Waals surface area contributed by atoms with Crippen molar-refractivity contribution in [3.05, 3.63) is 41.2 Å². The second kappa shape index (κ2) is 6.71. The van der Waals surface area contributed by atoms with Crippen LogP contribution in [0, 0.1) is 0 Å². The third-order valence-corrected chi connectivity index (χ3v) is 4.77. The molecule has 1 unspecified atom stereocenters. The number of nitrogens with one attached hydrogen (secondary N) is 1. The minimum Gasteiger partial charge on any atom is -0.349 e. The lowest BCUT2D eigenvalue weighted by Crippen LogP contribution is -2.28. The van der Waals surface area contributed by atoms with Gasteiger partial charge >= 0.3 is 0 Å². The number of aromatic nitrogens is 3. The van der Waals surface area contributed by atoms with Crippen LogP contribution < -0.4 is 5.32 Å². The number of carbonyl (C=O) groups excluding carboxylic acids is 1. The van der Waals surface area contributed by atoms with Crippen molar-refractivity contribution in [3.8, 4) is 0 Å². The van der Waals surface area contributed by atoms with Gasteiger partial charge in [0.15, 0.2) is 5.16 Å². The Morgan fingerprint density at radius 3 is 2.86 bits per heavy atom. The molecule has 1 N–H and O–H groups in total. The van der Waals surface area contributed by atoms with Crippen molar-refractivity contribution in [2.75, 3.05) is 5.75 Å². The molecule has 1 aromatic carbocycles. The lowest BCUT2D eigenvalue weighted by Gasteiger charge is -2.14. The van der Waals surface area contributed by atoms with Crippen molar-refractivity contribution in [1.29, 1.82) is 0 Å². The number of thioether (sulfide) groups is 1. The number of hydrogen-bond acceptors (Lipinski definition) is 4. The largest absolute Gasteiger partial charge is 0.349 e. The summed E-state index contributed by atoms with van der Waals surface area (Å²) in [5, 5.41) is 12.5. The highest BCUT2D eigenvalue weighted by atomic mass is 35.5. The number of rotatable bonds is 6. The average Bonchev–Trinajstić information content (AvgIpc) is 3.24. The minimum atomic E-state index is -0.0494. The molecule has 3 rings (SSSR count). The maximum absolute atomic E-state index is 12.1. The number of nitrogens with zero attached hydrogens (tertiary/aromatic N) is 3. The molecule has 0 bridgehead atoms. The molecule has 1 saturated carbocycles. The topological polar surface area (TPSA) is 59.8 Å².